The molecule has 8 nitrogen and oxygen atoms in total. The first-order chi connectivity index (χ1) is 22.4. The van der Waals surface area contributed by atoms with Gasteiger partial charge in [0.25, 0.3) is 0 Å². The topological polar surface area (TPSA) is 91.4 Å². The van der Waals surface area contributed by atoms with E-state index in [0.29, 0.717) is 67.9 Å². The van der Waals surface area contributed by atoms with Crippen molar-refractivity contribution in [1.29, 1.82) is 0 Å². The van der Waals surface area contributed by atoms with E-state index in [-0.39, 0.29) is 41.3 Å². The number of rotatable bonds is 10. The second-order valence-corrected chi connectivity index (χ2v) is 17.5. The van der Waals surface area contributed by atoms with Crippen LogP contribution in [0.3, 0.4) is 0 Å². The Morgan fingerprint density at radius 2 is 1.53 bits per heavy atom. The van der Waals surface area contributed by atoms with Crippen molar-refractivity contribution in [3.05, 3.63) is 15.8 Å². The maximum Gasteiger partial charge on any atom is 0.350 e. The molecule has 1 atom stereocenters. The van der Waals surface area contributed by atoms with Crippen LogP contribution in [0.5, 0.6) is 0 Å². The van der Waals surface area contributed by atoms with Crippen molar-refractivity contribution in [2.24, 2.45) is 29.1 Å². The zero-order chi connectivity index (χ0) is 33.8. The highest BCUT2D eigenvalue weighted by Gasteiger charge is 2.45. The SMILES string of the molecule is COC(=O)c1sc(CC(C)(C)C)cc1N(C(=O)[C@H]1CC[C@H](C)CC1)[C@H]1CC[C@](CO[C@H]2CCOC2)(OC(=O)[C@H]2CC[C@H](C)CC2)CC1. The molecular formula is C38H59NO7S. The van der Waals surface area contributed by atoms with Crippen LogP contribution in [0, 0.1) is 29.1 Å². The van der Waals surface area contributed by atoms with Gasteiger partial charge in [0.15, 0.2) is 0 Å². The summed E-state index contributed by atoms with van der Waals surface area (Å²) >= 11 is 1.45. The zero-order valence-corrected chi connectivity index (χ0v) is 30.6. The Kier molecular flexibility index (Phi) is 12.1. The van der Waals surface area contributed by atoms with Crippen LogP contribution < -0.4 is 4.90 Å². The molecule has 1 aromatic heterocycles. The van der Waals surface area contributed by atoms with Crippen LogP contribution in [0.25, 0.3) is 0 Å². The molecule has 2 heterocycles. The molecule has 4 aliphatic rings. The summed E-state index contributed by atoms with van der Waals surface area (Å²) in [5, 5.41) is 0. The average Bonchev–Trinajstić information content (AvgIpc) is 3.71. The van der Waals surface area contributed by atoms with Gasteiger partial charge in [-0.25, -0.2) is 4.79 Å². The maximum atomic E-state index is 14.6. The molecule has 1 aliphatic heterocycles. The van der Waals surface area contributed by atoms with Crippen LogP contribution in [0.15, 0.2) is 6.07 Å². The number of esters is 2. The number of methoxy groups -OCH3 is 1. The standard InChI is InChI=1S/C38H59NO7S/c1-25-7-11-27(12-8-25)34(40)39(32-21-31(22-37(3,4)5)47-33(32)36(42)43-6)29-15-18-38(19-16-29,24-45-30-17-20-44-23-30)46-35(41)28-13-9-26(2)10-14-28/h21,25-30H,7-20,22-24H2,1-6H3/t25-,26-,27-,28-,29-,30-,38-/m0/s1. The third-order valence-electron chi connectivity index (χ3n) is 11.1. The van der Waals surface area contributed by atoms with Crippen LogP contribution in [-0.4, -0.2) is 62.5 Å². The smallest absolute Gasteiger partial charge is 0.350 e. The molecule has 3 aliphatic carbocycles. The van der Waals surface area contributed by atoms with Crippen LogP contribution in [-0.2, 0) is 35.0 Å². The summed E-state index contributed by atoms with van der Waals surface area (Å²) in [4.78, 5) is 45.0. The Hall–Kier alpha value is -1.97. The predicted molar refractivity (Wildman–Crippen MR) is 185 cm³/mol. The Labute approximate surface area is 286 Å². The van der Waals surface area contributed by atoms with E-state index in [1.165, 1.54) is 18.4 Å². The molecule has 9 heteroatoms. The summed E-state index contributed by atoms with van der Waals surface area (Å²) in [5.41, 5.74) is -0.0143. The lowest BCUT2D eigenvalue weighted by Crippen LogP contribution is -2.52. The number of amides is 1. The van der Waals surface area contributed by atoms with Gasteiger partial charge in [-0.3, -0.25) is 9.59 Å². The Balaban J connectivity index is 1.41. The minimum absolute atomic E-state index is 0.0141. The first kappa shape index (κ1) is 36.3. The van der Waals surface area contributed by atoms with Crippen molar-refractivity contribution in [3.63, 3.8) is 0 Å². The molecule has 0 aromatic carbocycles. The Morgan fingerprint density at radius 3 is 2.09 bits per heavy atom. The van der Waals surface area contributed by atoms with Gasteiger partial charge in [0.05, 0.1) is 38.0 Å². The number of ether oxygens (including phenoxy) is 4. The monoisotopic (exact) mass is 673 g/mol. The first-order valence-corrected chi connectivity index (χ1v) is 19.1. The van der Waals surface area contributed by atoms with Gasteiger partial charge < -0.3 is 23.8 Å². The normalized spacial score (nSPS) is 31.7. The van der Waals surface area contributed by atoms with Crippen LogP contribution in [0.4, 0.5) is 5.69 Å². The van der Waals surface area contributed by atoms with E-state index in [2.05, 4.69) is 40.7 Å². The van der Waals surface area contributed by atoms with Crippen molar-refractivity contribution < 1.29 is 33.3 Å². The second-order valence-electron chi connectivity index (χ2n) is 16.4. The minimum Gasteiger partial charge on any atom is -0.465 e. The summed E-state index contributed by atoms with van der Waals surface area (Å²) in [6.45, 7) is 12.7. The van der Waals surface area contributed by atoms with Crippen molar-refractivity contribution in [1.82, 2.24) is 0 Å². The fraction of sp³-hybridized carbons (Fsp3) is 0.816. The molecule has 3 saturated carbocycles. The number of nitrogens with zero attached hydrogens (tertiary/aromatic N) is 1. The summed E-state index contributed by atoms with van der Waals surface area (Å²) in [5.74, 6) is 0.786. The van der Waals surface area contributed by atoms with E-state index < -0.39 is 11.6 Å². The summed E-state index contributed by atoms with van der Waals surface area (Å²) in [7, 11) is 1.41. The van der Waals surface area contributed by atoms with Gasteiger partial charge in [-0.15, -0.1) is 11.3 Å². The van der Waals surface area contributed by atoms with E-state index in [0.717, 1.165) is 69.1 Å². The van der Waals surface area contributed by atoms with E-state index >= 15 is 0 Å². The average molecular weight is 674 g/mol. The lowest BCUT2D eigenvalue weighted by molar-refractivity contribution is -0.181. The number of carbonyl (C=O) groups is 3. The Morgan fingerprint density at radius 1 is 0.915 bits per heavy atom. The molecule has 4 fully saturated rings. The number of thiophene rings is 1. The van der Waals surface area contributed by atoms with E-state index in [1.54, 1.807) is 0 Å². The molecule has 1 amide bonds. The summed E-state index contributed by atoms with van der Waals surface area (Å²) in [6, 6.07) is 1.96. The lowest BCUT2D eigenvalue weighted by Gasteiger charge is -2.44. The number of carbonyl (C=O) groups excluding carboxylic acids is 3. The fourth-order valence-electron chi connectivity index (χ4n) is 8.03. The van der Waals surface area contributed by atoms with Gasteiger partial charge in [0.2, 0.25) is 5.91 Å². The van der Waals surface area contributed by atoms with Gasteiger partial charge >= 0.3 is 11.9 Å². The van der Waals surface area contributed by atoms with Gasteiger partial charge in [0.1, 0.15) is 10.5 Å². The third-order valence-corrected chi connectivity index (χ3v) is 12.2. The van der Waals surface area contributed by atoms with Crippen molar-refractivity contribution >= 4 is 34.9 Å². The zero-order valence-electron chi connectivity index (χ0n) is 29.8. The molecule has 0 radical (unpaired) electrons. The summed E-state index contributed by atoms with van der Waals surface area (Å²) < 4.78 is 23.7. The highest BCUT2D eigenvalue weighted by Crippen LogP contribution is 2.43. The molecule has 264 valence electrons. The molecule has 1 aromatic rings. The van der Waals surface area contributed by atoms with E-state index in [9.17, 15) is 14.4 Å². The van der Waals surface area contributed by atoms with Gasteiger partial charge in [-0.1, -0.05) is 34.6 Å². The summed E-state index contributed by atoms with van der Waals surface area (Å²) in [6.07, 6.45) is 11.9. The molecule has 47 heavy (non-hydrogen) atoms. The highest BCUT2D eigenvalue weighted by atomic mass is 32.1. The van der Waals surface area contributed by atoms with Crippen molar-refractivity contribution in [2.45, 2.75) is 142 Å². The fourth-order valence-corrected chi connectivity index (χ4v) is 9.39. The predicted octanol–water partition coefficient (Wildman–Crippen LogP) is 8.14. The highest BCUT2D eigenvalue weighted by molar-refractivity contribution is 7.14. The van der Waals surface area contributed by atoms with Crippen molar-refractivity contribution in [2.75, 3.05) is 31.8 Å². The number of hydrogen-bond donors (Lipinski definition) is 0. The minimum atomic E-state index is -0.731. The number of hydrogen-bond acceptors (Lipinski definition) is 8. The van der Waals surface area contributed by atoms with Gasteiger partial charge in [-0.2, -0.15) is 0 Å². The molecule has 0 unspecified atom stereocenters. The van der Waals surface area contributed by atoms with Crippen molar-refractivity contribution in [3.8, 4) is 0 Å². The van der Waals surface area contributed by atoms with Crippen LogP contribution in [0.2, 0.25) is 0 Å². The quantitative estimate of drug-likeness (QED) is 0.232. The first-order valence-electron chi connectivity index (χ1n) is 18.3. The molecule has 0 bridgehead atoms. The second kappa shape index (κ2) is 15.7. The van der Waals surface area contributed by atoms with Crippen LogP contribution >= 0.6 is 11.3 Å². The lowest BCUT2D eigenvalue weighted by atomic mass is 9.79. The molecule has 0 N–H and O–H groups in total. The molecular weight excluding hydrogens is 614 g/mol. The Bertz CT molecular complexity index is 1210. The third kappa shape index (κ3) is 9.39. The molecule has 5 rings (SSSR count). The van der Waals surface area contributed by atoms with E-state index in [1.807, 2.05) is 4.90 Å². The maximum absolute atomic E-state index is 14.6. The molecule has 1 saturated heterocycles. The largest absolute Gasteiger partial charge is 0.465 e. The van der Waals surface area contributed by atoms with Gasteiger partial charge in [0, 0.05) is 23.4 Å². The number of anilines is 1. The van der Waals surface area contributed by atoms with Gasteiger partial charge in [-0.05, 0) is 113 Å². The van der Waals surface area contributed by atoms with E-state index in [4.69, 9.17) is 18.9 Å². The molecule has 0 spiro atoms. The van der Waals surface area contributed by atoms with Crippen LogP contribution in [0.1, 0.15) is 133 Å².